The molecule has 0 aliphatic heterocycles. The van der Waals surface area contributed by atoms with E-state index in [9.17, 15) is 18.0 Å². The Hall–Kier alpha value is -3.40. The van der Waals surface area contributed by atoms with Crippen LogP contribution in [0.4, 0.5) is 5.69 Å². The Kier molecular flexibility index (Phi) is 4.50. The van der Waals surface area contributed by atoms with Gasteiger partial charge in [0.1, 0.15) is 0 Å². The summed E-state index contributed by atoms with van der Waals surface area (Å²) in [7, 11) is -3.93. The second kappa shape index (κ2) is 6.89. The molecule has 0 radical (unpaired) electrons. The molecule has 29 heavy (non-hydrogen) atoms. The molecule has 10 heteroatoms. The molecule has 9 nitrogen and oxygen atoms in total. The van der Waals surface area contributed by atoms with Crippen molar-refractivity contribution < 1.29 is 26.9 Å². The van der Waals surface area contributed by atoms with Gasteiger partial charge in [0, 0.05) is 18.7 Å². The number of amides is 2. The van der Waals surface area contributed by atoms with E-state index in [-0.39, 0.29) is 10.8 Å². The molecule has 1 aliphatic carbocycles. The van der Waals surface area contributed by atoms with Gasteiger partial charge >= 0.3 is 0 Å². The second-order valence-electron chi connectivity index (χ2n) is 6.78. The van der Waals surface area contributed by atoms with Crippen LogP contribution in [0.15, 0.2) is 62.6 Å². The highest BCUT2D eigenvalue weighted by Gasteiger charge is 2.54. The first kappa shape index (κ1) is 18.9. The van der Waals surface area contributed by atoms with E-state index in [1.165, 1.54) is 30.5 Å². The van der Waals surface area contributed by atoms with Gasteiger partial charge in [-0.3, -0.25) is 9.59 Å². The van der Waals surface area contributed by atoms with E-state index < -0.39 is 21.3 Å². The lowest BCUT2D eigenvalue weighted by Crippen LogP contribution is -2.29. The topological polar surface area (TPSA) is 132 Å². The monoisotopic (exact) mass is 415 g/mol. The van der Waals surface area contributed by atoms with Crippen LogP contribution in [0, 0.1) is 0 Å². The lowest BCUT2D eigenvalue weighted by Gasteiger charge is -2.13. The van der Waals surface area contributed by atoms with Crippen molar-refractivity contribution in [3.63, 3.8) is 0 Å². The summed E-state index contributed by atoms with van der Waals surface area (Å²) in [5.41, 5.74) is 0.166. The fraction of sp³-hybridized carbons (Fsp3) is 0.211. The molecule has 0 unspecified atom stereocenters. The maximum atomic E-state index is 12.8. The average molecular weight is 415 g/mol. The molecule has 2 heterocycles. The highest BCUT2D eigenvalue weighted by molar-refractivity contribution is 7.90. The summed E-state index contributed by atoms with van der Waals surface area (Å²) in [6.07, 6.45) is 2.77. The van der Waals surface area contributed by atoms with Gasteiger partial charge in [-0.2, -0.15) is 0 Å². The van der Waals surface area contributed by atoms with Crippen LogP contribution in [0.3, 0.4) is 0 Å². The Bertz CT molecular complexity index is 1160. The van der Waals surface area contributed by atoms with E-state index in [2.05, 4.69) is 10.5 Å². The van der Waals surface area contributed by atoms with Gasteiger partial charge in [-0.25, -0.2) is 13.1 Å². The summed E-state index contributed by atoms with van der Waals surface area (Å²) < 4.78 is 36.4. The molecule has 2 N–H and O–H groups in total. The van der Waals surface area contributed by atoms with Crippen LogP contribution in [-0.4, -0.2) is 25.4 Å². The molecule has 0 atom stereocenters. The zero-order valence-electron chi connectivity index (χ0n) is 15.3. The molecule has 0 spiro atoms. The molecule has 2 amide bonds. The summed E-state index contributed by atoms with van der Waals surface area (Å²) in [5, 5.41) is 6.81. The van der Waals surface area contributed by atoms with Gasteiger partial charge in [-0.05, 0) is 49.2 Å². The van der Waals surface area contributed by atoms with Crippen molar-refractivity contribution in [2.45, 2.75) is 30.1 Å². The molecular weight excluding hydrogens is 398 g/mol. The molecule has 0 bridgehead atoms. The van der Waals surface area contributed by atoms with E-state index in [1.807, 2.05) is 4.72 Å². The van der Waals surface area contributed by atoms with Crippen molar-refractivity contribution >= 4 is 27.5 Å². The zero-order chi connectivity index (χ0) is 20.6. The Labute approximate surface area is 166 Å². The first-order valence-electron chi connectivity index (χ1n) is 8.76. The number of benzene rings is 1. The maximum absolute atomic E-state index is 12.8. The van der Waals surface area contributed by atoms with Crippen LogP contribution in [0.25, 0.3) is 11.5 Å². The third-order valence-electron chi connectivity index (χ3n) is 4.65. The SMILES string of the molecule is CC(=O)NS(=O)(=O)c1ccc(NC(=O)C2(c3cc(-c4ccco4)on3)CC2)cc1. The molecule has 0 saturated heterocycles. The van der Waals surface area contributed by atoms with Crippen LogP contribution < -0.4 is 10.0 Å². The van der Waals surface area contributed by atoms with Crippen LogP contribution >= 0.6 is 0 Å². The van der Waals surface area contributed by atoms with E-state index in [1.54, 1.807) is 18.2 Å². The van der Waals surface area contributed by atoms with Gasteiger partial charge in [0.2, 0.25) is 17.6 Å². The average Bonchev–Trinajstić information content (AvgIpc) is 3.06. The summed E-state index contributed by atoms with van der Waals surface area (Å²) >= 11 is 0. The molecule has 1 saturated carbocycles. The number of furan rings is 1. The lowest BCUT2D eigenvalue weighted by atomic mass is 10.0. The number of carbonyl (C=O) groups excluding carboxylic acids is 2. The minimum atomic E-state index is -3.93. The number of hydrogen-bond acceptors (Lipinski definition) is 7. The lowest BCUT2D eigenvalue weighted by molar-refractivity contribution is -0.119. The third-order valence-corrected chi connectivity index (χ3v) is 6.10. The number of sulfonamides is 1. The quantitative estimate of drug-likeness (QED) is 0.632. The van der Waals surface area contributed by atoms with Gasteiger partial charge in [0.05, 0.1) is 22.3 Å². The number of nitrogens with zero attached hydrogens (tertiary/aromatic N) is 1. The molecule has 3 aromatic rings. The number of aromatic nitrogens is 1. The molecule has 4 rings (SSSR count). The van der Waals surface area contributed by atoms with Crippen LogP contribution in [0.5, 0.6) is 0 Å². The molecule has 150 valence electrons. The first-order chi connectivity index (χ1) is 13.8. The molecule has 1 aromatic carbocycles. The fourth-order valence-corrected chi connectivity index (χ4v) is 3.97. The Morgan fingerprint density at radius 1 is 1.10 bits per heavy atom. The second-order valence-corrected chi connectivity index (χ2v) is 8.46. The number of nitrogens with one attached hydrogen (secondary N) is 2. The number of carbonyl (C=O) groups is 2. The highest BCUT2D eigenvalue weighted by Crippen LogP contribution is 2.49. The first-order valence-corrected chi connectivity index (χ1v) is 10.2. The van der Waals surface area contributed by atoms with Gasteiger partial charge in [-0.1, -0.05) is 5.16 Å². The zero-order valence-corrected chi connectivity index (χ0v) is 16.2. The van der Waals surface area contributed by atoms with Crippen molar-refractivity contribution in [2.24, 2.45) is 0 Å². The van der Waals surface area contributed by atoms with Crippen molar-refractivity contribution in [2.75, 3.05) is 5.32 Å². The molecular formula is C19H17N3O6S. The number of rotatable bonds is 6. The predicted octanol–water partition coefficient (Wildman–Crippen LogP) is 2.43. The Balaban J connectivity index is 1.49. The fourth-order valence-electron chi connectivity index (χ4n) is 2.98. The summed E-state index contributed by atoms with van der Waals surface area (Å²) in [6.45, 7) is 1.11. The minimum Gasteiger partial charge on any atom is -0.461 e. The molecule has 2 aromatic heterocycles. The largest absolute Gasteiger partial charge is 0.461 e. The summed E-state index contributed by atoms with van der Waals surface area (Å²) in [5.74, 6) is 0.0291. The standard InChI is InChI=1S/C19H17N3O6S/c1-12(23)22-29(25,26)14-6-4-13(5-7-14)20-18(24)19(8-9-19)17-11-16(28-21-17)15-3-2-10-27-15/h2-7,10-11H,8-9H2,1H3,(H,20,24)(H,22,23). The van der Waals surface area contributed by atoms with Crippen molar-refractivity contribution in [3.8, 4) is 11.5 Å². The van der Waals surface area contributed by atoms with Gasteiger partial charge < -0.3 is 14.3 Å². The van der Waals surface area contributed by atoms with E-state index >= 15 is 0 Å². The molecule has 1 fully saturated rings. The van der Waals surface area contributed by atoms with Gasteiger partial charge in [-0.15, -0.1) is 0 Å². The van der Waals surface area contributed by atoms with Crippen LogP contribution in [0.1, 0.15) is 25.5 Å². The third kappa shape index (κ3) is 3.66. The Morgan fingerprint density at radius 2 is 1.83 bits per heavy atom. The minimum absolute atomic E-state index is 0.0774. The maximum Gasteiger partial charge on any atom is 0.264 e. The van der Waals surface area contributed by atoms with Gasteiger partial charge in [0.15, 0.2) is 5.76 Å². The van der Waals surface area contributed by atoms with E-state index in [0.717, 1.165) is 6.92 Å². The number of hydrogen-bond donors (Lipinski definition) is 2. The van der Waals surface area contributed by atoms with Crippen molar-refractivity contribution in [1.82, 2.24) is 9.88 Å². The van der Waals surface area contributed by atoms with Crippen molar-refractivity contribution in [1.29, 1.82) is 0 Å². The Morgan fingerprint density at radius 3 is 2.41 bits per heavy atom. The van der Waals surface area contributed by atoms with E-state index in [4.69, 9.17) is 8.94 Å². The van der Waals surface area contributed by atoms with Crippen LogP contribution in [0.2, 0.25) is 0 Å². The van der Waals surface area contributed by atoms with Crippen molar-refractivity contribution in [3.05, 3.63) is 54.4 Å². The smallest absolute Gasteiger partial charge is 0.264 e. The van der Waals surface area contributed by atoms with Gasteiger partial charge in [0.25, 0.3) is 10.0 Å². The highest BCUT2D eigenvalue weighted by atomic mass is 32.2. The number of anilines is 1. The summed E-state index contributed by atoms with van der Waals surface area (Å²) in [4.78, 5) is 23.8. The van der Waals surface area contributed by atoms with E-state index in [0.29, 0.717) is 35.7 Å². The van der Waals surface area contributed by atoms with Crippen LogP contribution in [-0.2, 0) is 25.0 Å². The summed E-state index contributed by atoms with van der Waals surface area (Å²) in [6, 6.07) is 10.7. The molecule has 1 aliphatic rings. The normalized spacial score (nSPS) is 14.9. The predicted molar refractivity (Wildman–Crippen MR) is 101 cm³/mol.